The molecule has 136 valence electrons. The normalized spacial score (nSPS) is 10.8. The first-order valence-corrected chi connectivity index (χ1v) is 9.16. The van der Waals surface area contributed by atoms with Gasteiger partial charge in [0.25, 0.3) is 0 Å². The van der Waals surface area contributed by atoms with Crippen molar-refractivity contribution in [1.82, 2.24) is 20.4 Å². The van der Waals surface area contributed by atoms with E-state index in [0.29, 0.717) is 0 Å². The number of aromatic nitrogens is 2. The van der Waals surface area contributed by atoms with Gasteiger partial charge in [-0.05, 0) is 17.2 Å². The summed E-state index contributed by atoms with van der Waals surface area (Å²) in [5, 5.41) is 11.0. The van der Waals surface area contributed by atoms with Gasteiger partial charge >= 0.3 is 0 Å². The molecule has 0 atom stereocenters. The van der Waals surface area contributed by atoms with Gasteiger partial charge in [0.2, 0.25) is 0 Å². The highest BCUT2D eigenvalue weighted by Crippen LogP contribution is 2.10. The molecule has 0 saturated carbocycles. The van der Waals surface area contributed by atoms with Crippen LogP contribution in [0.15, 0.2) is 60.4 Å². The minimum atomic E-state index is 0. The van der Waals surface area contributed by atoms with Crippen molar-refractivity contribution < 1.29 is 0 Å². The third-order valence-corrected chi connectivity index (χ3v) is 4.42. The van der Waals surface area contributed by atoms with Crippen molar-refractivity contribution in [3.05, 3.63) is 66.5 Å². The summed E-state index contributed by atoms with van der Waals surface area (Å²) in [5.74, 6) is 2.83. The summed E-state index contributed by atoms with van der Waals surface area (Å²) in [6.45, 7) is 6.11. The highest BCUT2D eigenvalue weighted by Gasteiger charge is 2.04. The quantitative estimate of drug-likeness (QED) is 0.194. The summed E-state index contributed by atoms with van der Waals surface area (Å²) in [5.41, 5.74) is 2.50. The lowest BCUT2D eigenvalue weighted by Crippen LogP contribution is -2.38. The molecule has 1 aromatic heterocycles. The maximum Gasteiger partial charge on any atom is 0.191 e. The van der Waals surface area contributed by atoms with Crippen molar-refractivity contribution in [1.29, 1.82) is 0 Å². The zero-order valence-electron chi connectivity index (χ0n) is 14.5. The van der Waals surface area contributed by atoms with Crippen LogP contribution < -0.4 is 10.6 Å². The molecule has 0 saturated heterocycles. The van der Waals surface area contributed by atoms with Crippen molar-refractivity contribution in [3.63, 3.8) is 0 Å². The van der Waals surface area contributed by atoms with Gasteiger partial charge < -0.3 is 10.6 Å². The van der Waals surface area contributed by atoms with Crippen LogP contribution in [0.25, 0.3) is 0 Å². The van der Waals surface area contributed by atoms with E-state index in [2.05, 4.69) is 51.6 Å². The minimum absolute atomic E-state index is 0. The van der Waals surface area contributed by atoms with E-state index in [-0.39, 0.29) is 24.0 Å². The lowest BCUT2D eigenvalue weighted by molar-refractivity contribution is 0.678. The summed E-state index contributed by atoms with van der Waals surface area (Å²) < 4.78 is 1.93. The van der Waals surface area contributed by atoms with Gasteiger partial charge in [0.05, 0.1) is 6.54 Å². The predicted molar refractivity (Wildman–Crippen MR) is 119 cm³/mol. The van der Waals surface area contributed by atoms with E-state index < -0.39 is 0 Å². The number of guanidine groups is 1. The third-order valence-electron chi connectivity index (χ3n) is 3.45. The number of hydrogen-bond donors (Lipinski definition) is 2. The van der Waals surface area contributed by atoms with Crippen molar-refractivity contribution >= 4 is 41.7 Å². The Labute approximate surface area is 171 Å². The average molecular weight is 471 g/mol. The number of thioether (sulfide) groups is 1. The highest BCUT2D eigenvalue weighted by molar-refractivity contribution is 14.0. The third kappa shape index (κ3) is 7.96. The molecule has 7 heteroatoms. The lowest BCUT2D eigenvalue weighted by atomic mass is 10.1. The van der Waals surface area contributed by atoms with E-state index >= 15 is 0 Å². The van der Waals surface area contributed by atoms with Crippen LogP contribution in [-0.4, -0.2) is 40.8 Å². The number of nitrogens with one attached hydrogen (secondary N) is 2. The van der Waals surface area contributed by atoms with Crippen molar-refractivity contribution in [2.45, 2.75) is 13.1 Å². The average Bonchev–Trinajstić information content (AvgIpc) is 3.11. The Kier molecular flexibility index (Phi) is 11.1. The highest BCUT2D eigenvalue weighted by atomic mass is 127. The molecule has 0 aliphatic carbocycles. The Balaban J connectivity index is 0.00000312. The molecule has 1 aromatic carbocycles. The fourth-order valence-corrected chi connectivity index (χ4v) is 2.84. The second kappa shape index (κ2) is 12.8. The molecule has 0 amide bonds. The van der Waals surface area contributed by atoms with Gasteiger partial charge in [-0.1, -0.05) is 30.3 Å². The number of halogens is 1. The maximum atomic E-state index is 4.28. The van der Waals surface area contributed by atoms with Crippen LogP contribution in [0.3, 0.4) is 0 Å². The van der Waals surface area contributed by atoms with Crippen molar-refractivity contribution in [3.8, 4) is 0 Å². The van der Waals surface area contributed by atoms with E-state index in [1.54, 1.807) is 13.2 Å². The van der Waals surface area contributed by atoms with E-state index in [9.17, 15) is 0 Å². The fraction of sp³-hybridized carbons (Fsp3) is 0.333. The number of nitrogens with zero attached hydrogens (tertiary/aromatic N) is 3. The van der Waals surface area contributed by atoms with Gasteiger partial charge in [-0.3, -0.25) is 9.67 Å². The molecule has 25 heavy (non-hydrogen) atoms. The molecular formula is C18H26IN5S. The van der Waals surface area contributed by atoms with Crippen LogP contribution in [-0.2, 0) is 13.1 Å². The van der Waals surface area contributed by atoms with Gasteiger partial charge in [-0.15, -0.1) is 30.6 Å². The van der Waals surface area contributed by atoms with E-state index in [1.165, 1.54) is 11.1 Å². The molecular weight excluding hydrogens is 445 g/mol. The Morgan fingerprint density at radius 1 is 1.28 bits per heavy atom. The minimum Gasteiger partial charge on any atom is -0.356 e. The number of aliphatic imine (C=N–C) groups is 1. The summed E-state index contributed by atoms with van der Waals surface area (Å²) in [4.78, 5) is 4.27. The molecule has 0 bridgehead atoms. The molecule has 2 N–H and O–H groups in total. The molecule has 5 nitrogen and oxygen atoms in total. The largest absolute Gasteiger partial charge is 0.356 e. The first-order valence-electron chi connectivity index (χ1n) is 8.01. The maximum absolute atomic E-state index is 4.28. The summed E-state index contributed by atoms with van der Waals surface area (Å²) in [7, 11) is 1.79. The summed E-state index contributed by atoms with van der Waals surface area (Å²) in [6, 6.07) is 10.3. The first-order chi connectivity index (χ1) is 11.8. The Bertz CT molecular complexity index is 643. The van der Waals surface area contributed by atoms with Crippen LogP contribution in [0.1, 0.15) is 11.1 Å². The molecule has 1 heterocycles. The predicted octanol–water partition coefficient (Wildman–Crippen LogP) is 3.13. The molecule has 0 aliphatic rings. The molecule has 2 rings (SSSR count). The Morgan fingerprint density at radius 3 is 2.76 bits per heavy atom. The molecule has 2 aromatic rings. The topological polar surface area (TPSA) is 54.2 Å². The van der Waals surface area contributed by atoms with E-state index in [1.807, 2.05) is 34.8 Å². The number of hydrogen-bond acceptors (Lipinski definition) is 3. The van der Waals surface area contributed by atoms with Crippen LogP contribution in [0.5, 0.6) is 0 Å². The Morgan fingerprint density at radius 2 is 2.08 bits per heavy atom. The zero-order chi connectivity index (χ0) is 17.0. The monoisotopic (exact) mass is 471 g/mol. The van der Waals surface area contributed by atoms with Crippen LogP contribution in [0, 0.1) is 0 Å². The smallest absolute Gasteiger partial charge is 0.191 e. The first kappa shape index (κ1) is 21.6. The second-order valence-corrected chi connectivity index (χ2v) is 6.34. The number of benzene rings is 1. The van der Waals surface area contributed by atoms with Gasteiger partial charge in [0.15, 0.2) is 5.96 Å². The van der Waals surface area contributed by atoms with Crippen molar-refractivity contribution in [2.24, 2.45) is 4.99 Å². The number of rotatable bonds is 9. The molecule has 0 fully saturated rings. The molecule has 0 spiro atoms. The summed E-state index contributed by atoms with van der Waals surface area (Å²) in [6.07, 6.45) is 5.71. The summed E-state index contributed by atoms with van der Waals surface area (Å²) >= 11 is 1.85. The second-order valence-electron chi connectivity index (χ2n) is 5.19. The van der Waals surface area contributed by atoms with Crippen LogP contribution in [0.2, 0.25) is 0 Å². The van der Waals surface area contributed by atoms with Gasteiger partial charge in [-0.2, -0.15) is 16.9 Å². The van der Waals surface area contributed by atoms with Gasteiger partial charge in [0.1, 0.15) is 0 Å². The standard InChI is InChI=1S/C18H25N5S.HI/c1-3-12-24-13-10-20-18(19-2)21-14-16-7-4-5-8-17(16)15-23-11-6-9-22-23;/h3-9,11H,1,10,12-15H2,2H3,(H2,19,20,21);1H. The Hall–Kier alpha value is -1.48. The fourth-order valence-electron chi connectivity index (χ4n) is 2.26. The SMILES string of the molecule is C=CCSCCNC(=NC)NCc1ccccc1Cn1cccn1.I. The lowest BCUT2D eigenvalue weighted by Gasteiger charge is -2.14. The van der Waals surface area contributed by atoms with Gasteiger partial charge in [-0.25, -0.2) is 0 Å². The van der Waals surface area contributed by atoms with E-state index in [4.69, 9.17) is 0 Å². The van der Waals surface area contributed by atoms with Crippen molar-refractivity contribution in [2.75, 3.05) is 25.1 Å². The zero-order valence-corrected chi connectivity index (χ0v) is 17.7. The molecule has 0 aliphatic heterocycles. The molecule has 0 radical (unpaired) electrons. The van der Waals surface area contributed by atoms with Gasteiger partial charge in [0, 0.05) is 44.0 Å². The molecule has 0 unspecified atom stereocenters. The van der Waals surface area contributed by atoms with E-state index in [0.717, 1.165) is 37.1 Å². The van der Waals surface area contributed by atoms with Crippen LogP contribution >= 0.6 is 35.7 Å². The van der Waals surface area contributed by atoms with Crippen LogP contribution in [0.4, 0.5) is 0 Å².